The van der Waals surface area contributed by atoms with Crippen molar-refractivity contribution in [1.82, 2.24) is 4.90 Å². The summed E-state index contributed by atoms with van der Waals surface area (Å²) in [6, 6.07) is -0.884. The van der Waals surface area contributed by atoms with Gasteiger partial charge in [0.1, 0.15) is 0 Å². The van der Waals surface area contributed by atoms with Gasteiger partial charge in [-0.1, -0.05) is 0 Å². The van der Waals surface area contributed by atoms with Gasteiger partial charge in [-0.15, -0.1) is 0 Å². The number of piperidine rings is 1. The fourth-order valence-corrected chi connectivity index (χ4v) is 1.62. The predicted octanol–water partition coefficient (Wildman–Crippen LogP) is -0.199. The molecule has 0 saturated carbocycles. The van der Waals surface area contributed by atoms with Gasteiger partial charge in [-0.25, -0.2) is 0 Å². The Morgan fingerprint density at radius 2 is 1.86 bits per heavy atom. The van der Waals surface area contributed by atoms with E-state index in [9.17, 15) is 9.59 Å². The lowest BCUT2D eigenvalue weighted by atomic mass is 10.1. The summed E-state index contributed by atoms with van der Waals surface area (Å²) < 4.78 is 0. The van der Waals surface area contributed by atoms with Crippen molar-refractivity contribution in [2.45, 2.75) is 31.7 Å². The first-order valence-electron chi connectivity index (χ1n) is 4.87. The molecule has 0 bridgehead atoms. The van der Waals surface area contributed by atoms with Gasteiger partial charge in [0, 0.05) is 13.1 Å². The van der Waals surface area contributed by atoms with E-state index in [1.54, 1.807) is 4.90 Å². The van der Waals surface area contributed by atoms with E-state index in [0.717, 1.165) is 19.3 Å². The molecule has 0 spiro atoms. The van der Waals surface area contributed by atoms with Crippen molar-refractivity contribution in [3.8, 4) is 0 Å². The van der Waals surface area contributed by atoms with Crippen molar-refractivity contribution in [2.75, 3.05) is 13.1 Å². The number of carboxylic acids is 1. The Balaban J connectivity index is 2.42. The number of carboxylic acid groups (broad SMARTS) is 1. The van der Waals surface area contributed by atoms with Crippen molar-refractivity contribution in [3.63, 3.8) is 0 Å². The minimum Gasteiger partial charge on any atom is -0.481 e. The SMILES string of the molecule is NC(CC(=O)O)C(=O)N1CCCCC1. The number of carbonyl (C=O) groups is 2. The highest BCUT2D eigenvalue weighted by Gasteiger charge is 2.23. The molecule has 1 amide bonds. The number of aliphatic carboxylic acids is 1. The topological polar surface area (TPSA) is 83.6 Å². The minimum atomic E-state index is -1.03. The standard InChI is InChI=1S/C9H16N2O3/c10-7(6-8(12)13)9(14)11-4-2-1-3-5-11/h7H,1-6,10H2,(H,12,13). The largest absolute Gasteiger partial charge is 0.481 e. The molecule has 3 N–H and O–H groups in total. The summed E-state index contributed by atoms with van der Waals surface area (Å²) in [6.07, 6.45) is 2.84. The molecule has 0 aromatic heterocycles. The second kappa shape index (κ2) is 4.95. The smallest absolute Gasteiger partial charge is 0.305 e. The second-order valence-corrected chi connectivity index (χ2v) is 3.59. The van der Waals surface area contributed by atoms with Gasteiger partial charge in [0.05, 0.1) is 12.5 Å². The Morgan fingerprint density at radius 1 is 1.29 bits per heavy atom. The highest BCUT2D eigenvalue weighted by Crippen LogP contribution is 2.10. The van der Waals surface area contributed by atoms with Gasteiger partial charge in [0.15, 0.2) is 0 Å². The van der Waals surface area contributed by atoms with Crippen LogP contribution in [0.1, 0.15) is 25.7 Å². The average Bonchev–Trinajstić information content (AvgIpc) is 2.17. The van der Waals surface area contributed by atoms with E-state index in [2.05, 4.69) is 0 Å². The molecule has 0 aliphatic carbocycles. The maximum absolute atomic E-state index is 11.6. The van der Waals surface area contributed by atoms with Gasteiger partial charge >= 0.3 is 5.97 Å². The van der Waals surface area contributed by atoms with Crippen molar-refractivity contribution in [3.05, 3.63) is 0 Å². The summed E-state index contributed by atoms with van der Waals surface area (Å²) in [5.41, 5.74) is 5.48. The van der Waals surface area contributed by atoms with Crippen LogP contribution in [-0.4, -0.2) is 41.0 Å². The first kappa shape index (κ1) is 11.0. The fourth-order valence-electron chi connectivity index (χ4n) is 1.62. The van der Waals surface area contributed by atoms with Crippen LogP contribution in [0.25, 0.3) is 0 Å². The molecule has 1 unspecified atom stereocenters. The molecule has 1 heterocycles. The van der Waals surface area contributed by atoms with Crippen LogP contribution < -0.4 is 5.73 Å². The maximum atomic E-state index is 11.6. The van der Waals surface area contributed by atoms with E-state index in [0.29, 0.717) is 13.1 Å². The van der Waals surface area contributed by atoms with Crippen LogP contribution in [0.15, 0.2) is 0 Å². The Hall–Kier alpha value is -1.10. The molecule has 0 radical (unpaired) electrons. The maximum Gasteiger partial charge on any atom is 0.305 e. The van der Waals surface area contributed by atoms with Gasteiger partial charge in [-0.2, -0.15) is 0 Å². The molecule has 0 aromatic carbocycles. The Labute approximate surface area is 82.9 Å². The van der Waals surface area contributed by atoms with Gasteiger partial charge < -0.3 is 15.7 Å². The lowest BCUT2D eigenvalue weighted by molar-refractivity contribution is -0.142. The first-order chi connectivity index (χ1) is 6.61. The van der Waals surface area contributed by atoms with Gasteiger partial charge in [0.2, 0.25) is 5.91 Å². The Bertz CT molecular complexity index is 224. The third kappa shape index (κ3) is 2.99. The van der Waals surface area contributed by atoms with E-state index in [1.165, 1.54) is 0 Å². The van der Waals surface area contributed by atoms with E-state index in [4.69, 9.17) is 10.8 Å². The molecule has 1 aliphatic rings. The highest BCUT2D eigenvalue weighted by atomic mass is 16.4. The predicted molar refractivity (Wildman–Crippen MR) is 50.7 cm³/mol. The van der Waals surface area contributed by atoms with E-state index >= 15 is 0 Å². The van der Waals surface area contributed by atoms with Crippen LogP contribution in [0.2, 0.25) is 0 Å². The van der Waals surface area contributed by atoms with Crippen LogP contribution in [0.4, 0.5) is 0 Å². The summed E-state index contributed by atoms with van der Waals surface area (Å²) in [6.45, 7) is 1.43. The van der Waals surface area contributed by atoms with Gasteiger partial charge in [0.25, 0.3) is 0 Å². The molecule has 1 aliphatic heterocycles. The first-order valence-corrected chi connectivity index (χ1v) is 4.87. The van der Waals surface area contributed by atoms with E-state index < -0.39 is 12.0 Å². The molecule has 1 saturated heterocycles. The zero-order valence-electron chi connectivity index (χ0n) is 8.11. The summed E-state index contributed by atoms with van der Waals surface area (Å²) in [5.74, 6) is -1.25. The molecule has 5 nitrogen and oxygen atoms in total. The Kier molecular flexibility index (Phi) is 3.88. The van der Waals surface area contributed by atoms with Crippen LogP contribution in [0, 0.1) is 0 Å². The monoisotopic (exact) mass is 200 g/mol. The van der Waals surface area contributed by atoms with Crippen molar-refractivity contribution in [1.29, 1.82) is 0 Å². The molecule has 1 atom stereocenters. The molecule has 1 fully saturated rings. The van der Waals surface area contributed by atoms with Crippen molar-refractivity contribution in [2.24, 2.45) is 5.73 Å². The number of hydrogen-bond donors (Lipinski definition) is 2. The highest BCUT2D eigenvalue weighted by molar-refractivity contribution is 5.86. The van der Waals surface area contributed by atoms with Gasteiger partial charge in [-0.05, 0) is 19.3 Å². The zero-order valence-corrected chi connectivity index (χ0v) is 8.11. The van der Waals surface area contributed by atoms with Crippen molar-refractivity contribution >= 4 is 11.9 Å². The van der Waals surface area contributed by atoms with Crippen LogP contribution >= 0.6 is 0 Å². The third-order valence-electron chi connectivity index (χ3n) is 2.38. The van der Waals surface area contributed by atoms with E-state index in [-0.39, 0.29) is 12.3 Å². The number of likely N-dealkylation sites (tertiary alicyclic amines) is 1. The molecule has 5 heteroatoms. The number of hydrogen-bond acceptors (Lipinski definition) is 3. The van der Waals surface area contributed by atoms with Crippen LogP contribution in [-0.2, 0) is 9.59 Å². The number of rotatable bonds is 3. The third-order valence-corrected chi connectivity index (χ3v) is 2.38. The second-order valence-electron chi connectivity index (χ2n) is 3.59. The molecule has 80 valence electrons. The molecular formula is C9H16N2O3. The quantitative estimate of drug-likeness (QED) is 0.661. The van der Waals surface area contributed by atoms with Crippen LogP contribution in [0.3, 0.4) is 0 Å². The van der Waals surface area contributed by atoms with Crippen LogP contribution in [0.5, 0.6) is 0 Å². The zero-order chi connectivity index (χ0) is 10.6. The molecule has 1 rings (SSSR count). The fraction of sp³-hybridized carbons (Fsp3) is 0.778. The van der Waals surface area contributed by atoms with Crippen molar-refractivity contribution < 1.29 is 14.7 Å². The lowest BCUT2D eigenvalue weighted by Crippen LogP contribution is -2.46. The summed E-state index contributed by atoms with van der Waals surface area (Å²) in [4.78, 5) is 23.6. The Morgan fingerprint density at radius 3 is 2.36 bits per heavy atom. The number of amides is 1. The summed E-state index contributed by atoms with van der Waals surface area (Å²) in [5, 5.41) is 8.48. The summed E-state index contributed by atoms with van der Waals surface area (Å²) >= 11 is 0. The molecular weight excluding hydrogens is 184 g/mol. The lowest BCUT2D eigenvalue weighted by Gasteiger charge is -2.28. The number of nitrogens with two attached hydrogens (primary N) is 1. The normalized spacial score (nSPS) is 19.1. The summed E-state index contributed by atoms with van der Waals surface area (Å²) in [7, 11) is 0. The minimum absolute atomic E-state index is 0.230. The van der Waals surface area contributed by atoms with E-state index in [1.807, 2.05) is 0 Å². The number of nitrogens with zero attached hydrogens (tertiary/aromatic N) is 1. The molecule has 14 heavy (non-hydrogen) atoms. The van der Waals surface area contributed by atoms with Gasteiger partial charge in [-0.3, -0.25) is 9.59 Å². The average molecular weight is 200 g/mol. The molecule has 0 aromatic rings. The number of carbonyl (C=O) groups excluding carboxylic acids is 1.